The lowest BCUT2D eigenvalue weighted by Gasteiger charge is -2.16. The Hall–Kier alpha value is -4.37. The third kappa shape index (κ3) is 10.8. The molecule has 0 fully saturated rings. The molecule has 1 atom stereocenters. The highest BCUT2D eigenvalue weighted by Gasteiger charge is 2.25. The van der Waals surface area contributed by atoms with Crippen molar-refractivity contribution in [1.82, 2.24) is 10.6 Å². The molecule has 0 spiro atoms. The number of rotatable bonds is 12. The highest BCUT2D eigenvalue weighted by molar-refractivity contribution is 7.59. The van der Waals surface area contributed by atoms with Gasteiger partial charge in [0.15, 0.2) is 5.78 Å². The highest BCUT2D eigenvalue weighted by atomic mass is 35.5. The van der Waals surface area contributed by atoms with Crippen LogP contribution in [0.2, 0.25) is 10.0 Å². The minimum absolute atomic E-state index is 0. The van der Waals surface area contributed by atoms with Crippen LogP contribution in [0.25, 0.3) is 11.1 Å². The number of amidine groups is 1. The van der Waals surface area contributed by atoms with E-state index in [0.717, 1.165) is 5.56 Å². The zero-order valence-corrected chi connectivity index (χ0v) is 24.6. The maximum absolute atomic E-state index is 12.9. The molecule has 43 heavy (non-hydrogen) atoms. The molecule has 5 N–H and O–H groups in total. The van der Waals surface area contributed by atoms with Gasteiger partial charge in [-0.15, -0.1) is 0 Å². The quantitative estimate of drug-likeness (QED) is 0.125. The zero-order chi connectivity index (χ0) is 29.9. The van der Waals surface area contributed by atoms with Crippen molar-refractivity contribution < 1.29 is 24.3 Å². The number of carboxylic acids is 1. The van der Waals surface area contributed by atoms with Crippen molar-refractivity contribution in [3.8, 4) is 17.3 Å². The zero-order valence-electron chi connectivity index (χ0n) is 22.1. The van der Waals surface area contributed by atoms with Crippen molar-refractivity contribution in [2.24, 2.45) is 10.7 Å². The predicted octanol–water partition coefficient (Wildman–Crippen LogP) is 4.75. The monoisotopic (exact) mass is 643 g/mol. The number of carbonyl (C=O) groups excluding carboxylic acids is 3. The number of benzene rings is 3. The maximum Gasteiger partial charge on any atom is 0.326 e. The molecule has 0 bridgehead atoms. The number of aliphatic carboxylic acids is 1. The molecule has 0 saturated carbocycles. The fourth-order valence-electron chi connectivity index (χ4n) is 3.89. The van der Waals surface area contributed by atoms with E-state index in [4.69, 9.17) is 34.2 Å². The van der Waals surface area contributed by atoms with Gasteiger partial charge in [0.05, 0.1) is 22.2 Å². The highest BCUT2D eigenvalue weighted by Crippen LogP contribution is 2.32. The van der Waals surface area contributed by atoms with E-state index in [1.807, 2.05) is 30.3 Å². The van der Waals surface area contributed by atoms with Crippen LogP contribution in [0.1, 0.15) is 46.5 Å². The number of carbonyl (C=O) groups is 4. The Kier molecular flexibility index (Phi) is 15.0. The van der Waals surface area contributed by atoms with E-state index in [9.17, 15) is 24.3 Å². The van der Waals surface area contributed by atoms with E-state index in [0.29, 0.717) is 11.1 Å². The molecule has 3 aromatic rings. The fourth-order valence-corrected chi connectivity index (χ4v) is 4.54. The van der Waals surface area contributed by atoms with Crippen LogP contribution in [0.3, 0.4) is 0 Å². The summed E-state index contributed by atoms with van der Waals surface area (Å²) in [5, 5.41) is 23.1. The third-order valence-electron chi connectivity index (χ3n) is 5.91. The van der Waals surface area contributed by atoms with Crippen LogP contribution in [0, 0.1) is 11.5 Å². The Bertz CT molecular complexity index is 1520. The molecule has 0 aliphatic carbocycles. The predicted molar refractivity (Wildman–Crippen MR) is 172 cm³/mol. The van der Waals surface area contributed by atoms with Gasteiger partial charge in [0.1, 0.15) is 11.9 Å². The summed E-state index contributed by atoms with van der Waals surface area (Å²) in [6.45, 7) is -0.347. The molecule has 0 aliphatic rings. The molecule has 2 amide bonds. The number of hydrogen-bond acceptors (Lipinski definition) is 6. The van der Waals surface area contributed by atoms with Crippen molar-refractivity contribution >= 4 is 66.1 Å². The molecular weight excluding hydrogens is 613 g/mol. The van der Waals surface area contributed by atoms with Gasteiger partial charge in [-0.05, 0) is 47.4 Å². The largest absolute Gasteiger partial charge is 0.480 e. The Morgan fingerprint density at radius 1 is 0.953 bits per heavy atom. The lowest BCUT2D eigenvalue weighted by atomic mass is 10.0. The second-order valence-corrected chi connectivity index (χ2v) is 9.70. The Balaban J connectivity index is 0.00000462. The molecule has 3 rings (SSSR count). The van der Waals surface area contributed by atoms with E-state index in [1.54, 1.807) is 42.6 Å². The average molecular weight is 645 g/mol. The summed E-state index contributed by atoms with van der Waals surface area (Å²) < 4.78 is 0. The smallest absolute Gasteiger partial charge is 0.326 e. The van der Waals surface area contributed by atoms with Crippen LogP contribution in [-0.2, 0) is 16.0 Å². The third-order valence-corrected chi connectivity index (χ3v) is 6.50. The first-order valence-electron chi connectivity index (χ1n) is 12.3. The van der Waals surface area contributed by atoms with Crippen molar-refractivity contribution in [3.63, 3.8) is 0 Å². The summed E-state index contributed by atoms with van der Waals surface area (Å²) in [6, 6.07) is 17.4. The number of aliphatic imine (C=N–C) groups is 1. The minimum atomic E-state index is -1.40. The molecule has 0 radical (unpaired) electrons. The van der Waals surface area contributed by atoms with Gasteiger partial charge in [0.25, 0.3) is 11.8 Å². The first-order valence-corrected chi connectivity index (χ1v) is 13.0. The topological polar surface area (TPSA) is 175 Å². The summed E-state index contributed by atoms with van der Waals surface area (Å²) >= 11 is 12.7. The van der Waals surface area contributed by atoms with Gasteiger partial charge in [0.2, 0.25) is 6.19 Å². The normalized spacial score (nSPS) is 11.1. The molecule has 0 heterocycles. The van der Waals surface area contributed by atoms with E-state index < -0.39 is 29.6 Å². The summed E-state index contributed by atoms with van der Waals surface area (Å²) in [7, 11) is 0. The van der Waals surface area contributed by atoms with Crippen molar-refractivity contribution in [3.05, 3.63) is 93.5 Å². The molecule has 226 valence electrons. The number of nitrogens with zero attached hydrogens (tertiary/aromatic N) is 2. The van der Waals surface area contributed by atoms with E-state index in [-0.39, 0.29) is 73.7 Å². The van der Waals surface area contributed by atoms with Crippen LogP contribution in [0.4, 0.5) is 0 Å². The van der Waals surface area contributed by atoms with E-state index in [1.165, 1.54) is 0 Å². The van der Waals surface area contributed by atoms with Crippen LogP contribution >= 0.6 is 36.7 Å². The number of hydrogen-bond donors (Lipinski definition) is 4. The van der Waals surface area contributed by atoms with Gasteiger partial charge in [-0.25, -0.2) is 4.79 Å². The molecule has 10 nitrogen and oxygen atoms in total. The maximum atomic E-state index is 12.9. The molecule has 0 aliphatic heterocycles. The summed E-state index contributed by atoms with van der Waals surface area (Å²) in [4.78, 5) is 53.0. The number of ketones is 1. The number of amides is 2. The van der Waals surface area contributed by atoms with Crippen molar-refractivity contribution in [2.45, 2.75) is 32.7 Å². The second-order valence-electron chi connectivity index (χ2n) is 8.89. The number of nitriles is 1. The second kappa shape index (κ2) is 17.6. The van der Waals surface area contributed by atoms with Gasteiger partial charge < -0.3 is 21.5 Å². The van der Waals surface area contributed by atoms with Gasteiger partial charge >= 0.3 is 5.97 Å². The number of halogens is 2. The number of Topliss-reactive ketones (excluding diaryl/α,β-unsaturated/α-hetero) is 1. The average Bonchev–Trinajstić information content (AvgIpc) is 2.94. The van der Waals surface area contributed by atoms with Crippen LogP contribution in [0.15, 0.2) is 71.7 Å². The molecule has 0 unspecified atom stereocenters. The molecule has 0 aromatic heterocycles. The lowest BCUT2D eigenvalue weighted by Crippen LogP contribution is -2.41. The number of carboxylic acid groups (broad SMARTS) is 1. The van der Waals surface area contributed by atoms with Gasteiger partial charge in [-0.3, -0.25) is 14.4 Å². The Morgan fingerprint density at radius 2 is 1.60 bits per heavy atom. The van der Waals surface area contributed by atoms with Gasteiger partial charge in [-0.1, -0.05) is 73.1 Å². The molecule has 13 heteroatoms. The van der Waals surface area contributed by atoms with Crippen LogP contribution in [-0.4, -0.2) is 47.1 Å². The summed E-state index contributed by atoms with van der Waals surface area (Å²) in [6.07, 6.45) is 1.31. The van der Waals surface area contributed by atoms with Crippen molar-refractivity contribution in [2.75, 3.05) is 6.54 Å². The standard InChI is InChI=1S/C29H25Cl2N5O5.CH4.H2S/c30-22-13-20(18-6-2-1-3-7-18)14-23(31)26(22)28(39)36-24(29(40)41)10-9-21(37)15-34-27(38)19-8-4-5-17(11-19)12-25(33)35-16-32;;/h1-8,11,13-14,24H,9-10,12,15H2,(H2,33,35)(H,34,38)(H,36,39)(H,40,41);1H4;1H2/t24-;;/m0../s1. The van der Waals surface area contributed by atoms with Gasteiger partial charge in [0, 0.05) is 18.4 Å². The van der Waals surface area contributed by atoms with Gasteiger partial charge in [-0.2, -0.15) is 23.7 Å². The Labute approximate surface area is 266 Å². The molecular formula is C30H31Cl2N5O5S. The van der Waals surface area contributed by atoms with E-state index >= 15 is 0 Å². The Morgan fingerprint density at radius 3 is 2.21 bits per heavy atom. The van der Waals surface area contributed by atoms with E-state index in [2.05, 4.69) is 15.6 Å². The van der Waals surface area contributed by atoms with Crippen molar-refractivity contribution in [1.29, 1.82) is 5.26 Å². The molecule has 0 saturated heterocycles. The molecule has 3 aromatic carbocycles. The fraction of sp³-hybridized carbons (Fsp3) is 0.200. The lowest BCUT2D eigenvalue weighted by molar-refractivity contribution is -0.139. The first kappa shape index (κ1) is 36.7. The SMILES string of the molecule is C.N#CN=C(N)Cc1cccc(C(=O)NCC(=O)CC[C@H](NC(=O)c2c(Cl)cc(-c3ccccc3)cc2Cl)C(=O)O)c1.S. The van der Waals surface area contributed by atoms with Crippen LogP contribution in [0.5, 0.6) is 0 Å². The number of nitrogens with one attached hydrogen (secondary N) is 2. The minimum Gasteiger partial charge on any atom is -0.480 e. The summed E-state index contributed by atoms with van der Waals surface area (Å²) in [5.74, 6) is -3.02. The summed E-state index contributed by atoms with van der Waals surface area (Å²) in [5.41, 5.74) is 7.98. The number of nitrogens with two attached hydrogens (primary N) is 1. The van der Waals surface area contributed by atoms with Crippen LogP contribution < -0.4 is 16.4 Å². The first-order chi connectivity index (χ1) is 19.6.